The number of carboxylic acids is 1. The van der Waals surface area contributed by atoms with Crippen LogP contribution >= 0.6 is 0 Å². The van der Waals surface area contributed by atoms with Crippen molar-refractivity contribution in [2.45, 2.75) is 33.1 Å². The Hall–Kier alpha value is -2.24. The first kappa shape index (κ1) is 16.6. The molecule has 0 unspecified atom stereocenters. The third-order valence-electron chi connectivity index (χ3n) is 5.32. The number of likely N-dealkylation sites (tertiary alicyclic amines) is 1. The number of aliphatic carboxylic acids is 1. The van der Waals surface area contributed by atoms with Gasteiger partial charge >= 0.3 is 12.0 Å². The zero-order valence-electron chi connectivity index (χ0n) is 14.2. The van der Waals surface area contributed by atoms with Crippen LogP contribution in [0.4, 0.5) is 10.5 Å². The lowest BCUT2D eigenvalue weighted by Gasteiger charge is -2.23. The zero-order chi connectivity index (χ0) is 17.3. The Balaban J connectivity index is 1.70. The van der Waals surface area contributed by atoms with E-state index in [0.29, 0.717) is 31.8 Å². The second-order valence-electron chi connectivity index (χ2n) is 6.77. The highest BCUT2D eigenvalue weighted by molar-refractivity contribution is 5.91. The third-order valence-corrected chi connectivity index (χ3v) is 5.32. The summed E-state index contributed by atoms with van der Waals surface area (Å²) in [6.45, 7) is 5.24. The number of anilines is 1. The van der Waals surface area contributed by atoms with Gasteiger partial charge in [-0.3, -0.25) is 4.79 Å². The molecule has 2 amide bonds. The fraction of sp³-hybridized carbons (Fsp3) is 0.556. The number of fused-ring (bicyclic) bond motifs is 1. The monoisotopic (exact) mass is 332 g/mol. The van der Waals surface area contributed by atoms with Crippen LogP contribution in [0, 0.1) is 18.3 Å². The molecule has 24 heavy (non-hydrogen) atoms. The van der Waals surface area contributed by atoms with E-state index in [9.17, 15) is 14.7 Å². The summed E-state index contributed by atoms with van der Waals surface area (Å²) in [5, 5.41) is 12.5. The highest BCUT2D eigenvalue weighted by Crippen LogP contribution is 2.48. The summed E-state index contributed by atoms with van der Waals surface area (Å²) >= 11 is 0. The van der Waals surface area contributed by atoms with E-state index in [1.165, 1.54) is 0 Å². The molecule has 2 atom stereocenters. The van der Waals surface area contributed by atoms with Crippen LogP contribution in [-0.2, 0) is 4.79 Å². The topological polar surface area (TPSA) is 78.9 Å². The molecule has 6 nitrogen and oxygen atoms in total. The van der Waals surface area contributed by atoms with Gasteiger partial charge in [-0.05, 0) is 44.2 Å². The van der Waals surface area contributed by atoms with Crippen molar-refractivity contribution in [3.8, 4) is 5.75 Å². The molecular formula is C18H24N2O4. The minimum Gasteiger partial charge on any atom is -0.494 e. The fourth-order valence-corrected chi connectivity index (χ4v) is 3.98. The molecule has 2 aliphatic rings. The largest absolute Gasteiger partial charge is 0.494 e. The van der Waals surface area contributed by atoms with E-state index < -0.39 is 11.4 Å². The second-order valence-corrected chi connectivity index (χ2v) is 6.77. The van der Waals surface area contributed by atoms with Crippen LogP contribution in [0.25, 0.3) is 0 Å². The number of hydrogen-bond acceptors (Lipinski definition) is 3. The van der Waals surface area contributed by atoms with Crippen LogP contribution < -0.4 is 10.1 Å². The lowest BCUT2D eigenvalue weighted by atomic mass is 9.81. The number of urea groups is 1. The van der Waals surface area contributed by atoms with E-state index in [0.717, 1.165) is 24.2 Å². The summed E-state index contributed by atoms with van der Waals surface area (Å²) < 4.78 is 5.55. The van der Waals surface area contributed by atoms with Crippen LogP contribution in [0.15, 0.2) is 18.2 Å². The van der Waals surface area contributed by atoms with Crippen molar-refractivity contribution in [2.75, 3.05) is 25.0 Å². The maximum absolute atomic E-state index is 12.5. The summed E-state index contributed by atoms with van der Waals surface area (Å²) in [5.74, 6) is 0.0441. The summed E-state index contributed by atoms with van der Waals surface area (Å²) in [5.41, 5.74) is 0.923. The molecule has 1 aliphatic carbocycles. The molecule has 0 radical (unpaired) electrons. The average Bonchev–Trinajstić information content (AvgIpc) is 3.09. The average molecular weight is 332 g/mol. The Labute approximate surface area is 141 Å². The Morgan fingerprint density at radius 3 is 2.92 bits per heavy atom. The second kappa shape index (κ2) is 6.34. The van der Waals surface area contributed by atoms with Gasteiger partial charge in [-0.1, -0.05) is 12.5 Å². The fourth-order valence-electron chi connectivity index (χ4n) is 3.98. The van der Waals surface area contributed by atoms with Crippen molar-refractivity contribution in [3.05, 3.63) is 23.8 Å². The first-order chi connectivity index (χ1) is 11.5. The summed E-state index contributed by atoms with van der Waals surface area (Å²) in [6, 6.07) is 5.30. The predicted octanol–water partition coefficient (Wildman–Crippen LogP) is 3.11. The van der Waals surface area contributed by atoms with Gasteiger partial charge in [0.05, 0.1) is 12.0 Å². The van der Waals surface area contributed by atoms with Gasteiger partial charge in [0.15, 0.2) is 0 Å². The van der Waals surface area contributed by atoms with Gasteiger partial charge in [-0.15, -0.1) is 0 Å². The molecule has 130 valence electrons. The van der Waals surface area contributed by atoms with Crippen molar-refractivity contribution >= 4 is 17.7 Å². The van der Waals surface area contributed by atoms with Gasteiger partial charge < -0.3 is 20.1 Å². The van der Waals surface area contributed by atoms with Gasteiger partial charge in [0.1, 0.15) is 5.75 Å². The van der Waals surface area contributed by atoms with E-state index in [4.69, 9.17) is 4.74 Å². The quantitative estimate of drug-likeness (QED) is 0.888. The summed E-state index contributed by atoms with van der Waals surface area (Å²) in [6.07, 6.45) is 2.48. The molecule has 0 aromatic heterocycles. The van der Waals surface area contributed by atoms with E-state index in [2.05, 4.69) is 5.32 Å². The molecule has 3 rings (SSSR count). The van der Waals surface area contributed by atoms with Crippen LogP contribution in [0.1, 0.15) is 31.7 Å². The normalized spacial score (nSPS) is 25.4. The minimum atomic E-state index is -0.769. The number of ether oxygens (including phenoxy) is 1. The Morgan fingerprint density at radius 2 is 2.25 bits per heavy atom. The lowest BCUT2D eigenvalue weighted by Crippen LogP contribution is -2.38. The van der Waals surface area contributed by atoms with Gasteiger partial charge in [-0.2, -0.15) is 0 Å². The molecule has 0 spiro atoms. The van der Waals surface area contributed by atoms with Crippen LogP contribution in [0.5, 0.6) is 5.75 Å². The Kier molecular flexibility index (Phi) is 4.39. The number of carbonyl (C=O) groups is 2. The smallest absolute Gasteiger partial charge is 0.321 e. The number of hydrogen-bond donors (Lipinski definition) is 2. The number of amides is 2. The van der Waals surface area contributed by atoms with E-state index >= 15 is 0 Å². The highest BCUT2D eigenvalue weighted by Gasteiger charge is 2.55. The number of nitrogens with zero attached hydrogens (tertiary/aromatic N) is 1. The molecule has 1 saturated heterocycles. The van der Waals surface area contributed by atoms with Gasteiger partial charge in [-0.25, -0.2) is 4.79 Å². The Bertz CT molecular complexity index is 660. The number of benzene rings is 1. The SMILES string of the molecule is CCOc1cc(NC(=O)N2C[C@@H]3CCC[C@@]3(C(=O)O)C2)ccc1C. The minimum absolute atomic E-state index is 0.0674. The number of nitrogens with one attached hydrogen (secondary N) is 1. The molecule has 1 aromatic rings. The van der Waals surface area contributed by atoms with Crippen molar-refractivity contribution in [1.82, 2.24) is 4.90 Å². The molecular weight excluding hydrogens is 308 g/mol. The molecule has 1 heterocycles. The van der Waals surface area contributed by atoms with Crippen LogP contribution in [0.3, 0.4) is 0 Å². The molecule has 6 heteroatoms. The zero-order valence-corrected chi connectivity index (χ0v) is 14.2. The van der Waals surface area contributed by atoms with E-state index in [-0.39, 0.29) is 11.9 Å². The number of carbonyl (C=O) groups excluding carboxylic acids is 1. The molecule has 0 bridgehead atoms. The van der Waals surface area contributed by atoms with Crippen molar-refractivity contribution in [1.29, 1.82) is 0 Å². The van der Waals surface area contributed by atoms with Crippen LogP contribution in [-0.4, -0.2) is 41.7 Å². The van der Waals surface area contributed by atoms with Gasteiger partial charge in [0, 0.05) is 24.8 Å². The van der Waals surface area contributed by atoms with Crippen molar-refractivity contribution in [2.24, 2.45) is 11.3 Å². The van der Waals surface area contributed by atoms with Crippen molar-refractivity contribution < 1.29 is 19.4 Å². The first-order valence-corrected chi connectivity index (χ1v) is 8.49. The molecule has 2 N–H and O–H groups in total. The van der Waals surface area contributed by atoms with E-state index in [1.54, 1.807) is 11.0 Å². The highest BCUT2D eigenvalue weighted by atomic mass is 16.5. The maximum atomic E-state index is 12.5. The van der Waals surface area contributed by atoms with E-state index in [1.807, 2.05) is 26.0 Å². The molecule has 2 fully saturated rings. The van der Waals surface area contributed by atoms with Gasteiger partial charge in [0.2, 0.25) is 0 Å². The summed E-state index contributed by atoms with van der Waals surface area (Å²) in [4.78, 5) is 25.9. The van der Waals surface area contributed by atoms with Crippen molar-refractivity contribution in [3.63, 3.8) is 0 Å². The molecule has 1 aromatic carbocycles. The van der Waals surface area contributed by atoms with Crippen LogP contribution in [0.2, 0.25) is 0 Å². The standard InChI is InChI=1S/C18H24N2O4/c1-3-24-15-9-14(7-6-12(15)2)19-17(23)20-10-13-5-4-8-18(13,11-20)16(21)22/h6-7,9,13H,3-5,8,10-11H2,1-2H3,(H,19,23)(H,21,22)/t13-,18+/m0/s1. The molecule has 1 saturated carbocycles. The van der Waals surface area contributed by atoms with Gasteiger partial charge in [0.25, 0.3) is 0 Å². The number of aryl methyl sites for hydroxylation is 1. The number of rotatable bonds is 4. The predicted molar refractivity (Wildman–Crippen MR) is 90.3 cm³/mol. The maximum Gasteiger partial charge on any atom is 0.321 e. The number of carboxylic acid groups (broad SMARTS) is 1. The summed E-state index contributed by atoms with van der Waals surface area (Å²) in [7, 11) is 0. The third kappa shape index (κ3) is 2.81. The first-order valence-electron chi connectivity index (χ1n) is 8.49. The Morgan fingerprint density at radius 1 is 1.46 bits per heavy atom. The lowest BCUT2D eigenvalue weighted by molar-refractivity contribution is -0.149. The molecule has 1 aliphatic heterocycles.